The van der Waals surface area contributed by atoms with Gasteiger partial charge >= 0.3 is 6.03 Å². The van der Waals surface area contributed by atoms with E-state index in [0.29, 0.717) is 31.0 Å². The number of urea groups is 1. The Morgan fingerprint density at radius 2 is 2.08 bits per heavy atom. The SMILES string of the molecule is COc1ccc(CCNC(=O)NCc2cn3ccsc3n2)cc1OC. The lowest BCUT2D eigenvalue weighted by Gasteiger charge is -2.10. The largest absolute Gasteiger partial charge is 0.493 e. The summed E-state index contributed by atoms with van der Waals surface area (Å²) in [7, 11) is 3.21. The molecule has 1 aromatic carbocycles. The quantitative estimate of drug-likeness (QED) is 0.679. The molecular formula is C17H20N4O3S. The number of fused-ring (bicyclic) bond motifs is 1. The number of imidazole rings is 1. The summed E-state index contributed by atoms with van der Waals surface area (Å²) in [4.78, 5) is 17.2. The number of carbonyl (C=O) groups is 1. The number of thiazole rings is 1. The van der Waals surface area contributed by atoms with E-state index in [0.717, 1.165) is 16.2 Å². The number of nitrogens with one attached hydrogen (secondary N) is 2. The van der Waals surface area contributed by atoms with Crippen molar-refractivity contribution in [1.82, 2.24) is 20.0 Å². The molecule has 2 N–H and O–H groups in total. The molecule has 0 aliphatic carbocycles. The number of ether oxygens (including phenoxy) is 2. The lowest BCUT2D eigenvalue weighted by Crippen LogP contribution is -2.36. The summed E-state index contributed by atoms with van der Waals surface area (Å²) in [6.07, 6.45) is 4.56. The van der Waals surface area contributed by atoms with Gasteiger partial charge in [-0.15, -0.1) is 11.3 Å². The van der Waals surface area contributed by atoms with Crippen LogP contribution in [-0.4, -0.2) is 36.2 Å². The summed E-state index contributed by atoms with van der Waals surface area (Å²) < 4.78 is 12.4. The molecule has 7 nitrogen and oxygen atoms in total. The van der Waals surface area contributed by atoms with Crippen LogP contribution >= 0.6 is 11.3 Å². The van der Waals surface area contributed by atoms with Gasteiger partial charge in [0.05, 0.1) is 26.5 Å². The number of aromatic nitrogens is 2. The maximum Gasteiger partial charge on any atom is 0.315 e. The zero-order chi connectivity index (χ0) is 17.6. The van der Waals surface area contributed by atoms with E-state index >= 15 is 0 Å². The van der Waals surface area contributed by atoms with E-state index in [1.165, 1.54) is 0 Å². The third-order valence-corrected chi connectivity index (χ3v) is 4.49. The highest BCUT2D eigenvalue weighted by atomic mass is 32.1. The van der Waals surface area contributed by atoms with Crippen molar-refractivity contribution in [3.8, 4) is 11.5 Å². The molecule has 132 valence electrons. The lowest BCUT2D eigenvalue weighted by molar-refractivity contribution is 0.240. The van der Waals surface area contributed by atoms with Crippen LogP contribution in [0.4, 0.5) is 4.79 Å². The first kappa shape index (κ1) is 17.1. The Labute approximate surface area is 149 Å². The summed E-state index contributed by atoms with van der Waals surface area (Å²) in [5.74, 6) is 1.38. The molecule has 0 radical (unpaired) electrons. The monoisotopic (exact) mass is 360 g/mol. The number of nitrogens with zero attached hydrogens (tertiary/aromatic N) is 2. The molecule has 3 rings (SSSR count). The predicted octanol–water partition coefficient (Wildman–Crippen LogP) is 2.45. The number of hydrogen-bond acceptors (Lipinski definition) is 5. The number of benzene rings is 1. The van der Waals surface area contributed by atoms with Crippen molar-refractivity contribution in [2.24, 2.45) is 0 Å². The number of amides is 2. The van der Waals surface area contributed by atoms with Crippen LogP contribution in [-0.2, 0) is 13.0 Å². The van der Waals surface area contributed by atoms with Crippen LogP contribution in [0.15, 0.2) is 36.0 Å². The van der Waals surface area contributed by atoms with Gasteiger partial charge < -0.3 is 20.1 Å². The van der Waals surface area contributed by atoms with E-state index < -0.39 is 0 Å². The summed E-state index contributed by atoms with van der Waals surface area (Å²) in [5.41, 5.74) is 1.90. The second-order valence-corrected chi connectivity index (χ2v) is 6.25. The molecule has 3 aromatic rings. The van der Waals surface area contributed by atoms with Crippen molar-refractivity contribution >= 4 is 22.3 Å². The normalized spacial score (nSPS) is 10.6. The molecule has 2 amide bonds. The summed E-state index contributed by atoms with van der Waals surface area (Å²) in [5, 5.41) is 7.62. The molecule has 25 heavy (non-hydrogen) atoms. The van der Waals surface area contributed by atoms with Gasteiger partial charge in [-0.25, -0.2) is 9.78 Å². The minimum atomic E-state index is -0.211. The number of carbonyl (C=O) groups excluding carboxylic acids is 1. The predicted molar refractivity (Wildman–Crippen MR) is 96.6 cm³/mol. The summed E-state index contributed by atoms with van der Waals surface area (Å²) >= 11 is 1.56. The van der Waals surface area contributed by atoms with Crippen LogP contribution in [0.25, 0.3) is 4.96 Å². The molecule has 8 heteroatoms. The van der Waals surface area contributed by atoms with Crippen molar-refractivity contribution in [2.45, 2.75) is 13.0 Å². The van der Waals surface area contributed by atoms with E-state index in [1.54, 1.807) is 25.6 Å². The van der Waals surface area contributed by atoms with Gasteiger partial charge in [0.2, 0.25) is 0 Å². The highest BCUT2D eigenvalue weighted by molar-refractivity contribution is 7.15. The average Bonchev–Trinajstić information content (AvgIpc) is 3.21. The average molecular weight is 360 g/mol. The van der Waals surface area contributed by atoms with E-state index in [1.807, 2.05) is 40.4 Å². The number of methoxy groups -OCH3 is 2. The molecule has 0 atom stereocenters. The van der Waals surface area contributed by atoms with Crippen LogP contribution < -0.4 is 20.1 Å². The Morgan fingerprint density at radius 1 is 1.24 bits per heavy atom. The van der Waals surface area contributed by atoms with Gasteiger partial charge in [-0.3, -0.25) is 4.40 Å². The molecule has 0 aliphatic rings. The third-order valence-electron chi connectivity index (χ3n) is 3.72. The minimum Gasteiger partial charge on any atom is -0.493 e. The van der Waals surface area contributed by atoms with Crippen molar-refractivity contribution < 1.29 is 14.3 Å². The Bertz CT molecular complexity index is 830. The molecule has 2 heterocycles. The Hall–Kier alpha value is -2.74. The second-order valence-electron chi connectivity index (χ2n) is 5.37. The fourth-order valence-electron chi connectivity index (χ4n) is 2.45. The fourth-order valence-corrected chi connectivity index (χ4v) is 3.17. The van der Waals surface area contributed by atoms with Crippen LogP contribution in [0.3, 0.4) is 0 Å². The van der Waals surface area contributed by atoms with Crippen LogP contribution in [0.5, 0.6) is 11.5 Å². The molecule has 0 aliphatic heterocycles. The van der Waals surface area contributed by atoms with Gasteiger partial charge in [-0.1, -0.05) is 6.07 Å². The van der Waals surface area contributed by atoms with Crippen LogP contribution in [0.2, 0.25) is 0 Å². The minimum absolute atomic E-state index is 0.211. The molecule has 2 aromatic heterocycles. The highest BCUT2D eigenvalue weighted by Crippen LogP contribution is 2.27. The van der Waals surface area contributed by atoms with E-state index in [4.69, 9.17) is 9.47 Å². The maximum atomic E-state index is 11.9. The molecular weight excluding hydrogens is 340 g/mol. The fraction of sp³-hybridized carbons (Fsp3) is 0.294. The Kier molecular flexibility index (Phi) is 5.39. The van der Waals surface area contributed by atoms with Gasteiger partial charge in [-0.2, -0.15) is 0 Å². The number of hydrogen-bond donors (Lipinski definition) is 2. The van der Waals surface area contributed by atoms with Crippen molar-refractivity contribution in [2.75, 3.05) is 20.8 Å². The highest BCUT2D eigenvalue weighted by Gasteiger charge is 2.07. The van der Waals surface area contributed by atoms with E-state index in [2.05, 4.69) is 15.6 Å². The summed E-state index contributed by atoms with van der Waals surface area (Å²) in [6, 6.07) is 5.52. The van der Waals surface area contributed by atoms with Crippen LogP contribution in [0.1, 0.15) is 11.3 Å². The topological polar surface area (TPSA) is 76.9 Å². The molecule has 0 saturated carbocycles. The molecule has 0 bridgehead atoms. The van der Waals surface area contributed by atoms with E-state index in [-0.39, 0.29) is 6.03 Å². The van der Waals surface area contributed by atoms with Crippen molar-refractivity contribution in [1.29, 1.82) is 0 Å². The molecule has 0 unspecified atom stereocenters. The second kappa shape index (κ2) is 7.89. The lowest BCUT2D eigenvalue weighted by atomic mass is 10.1. The van der Waals surface area contributed by atoms with Crippen LogP contribution in [0, 0.1) is 0 Å². The maximum absolute atomic E-state index is 11.9. The zero-order valence-electron chi connectivity index (χ0n) is 14.1. The Morgan fingerprint density at radius 3 is 2.84 bits per heavy atom. The van der Waals surface area contributed by atoms with Gasteiger partial charge in [0.25, 0.3) is 0 Å². The van der Waals surface area contributed by atoms with Gasteiger partial charge in [0, 0.05) is 24.3 Å². The zero-order valence-corrected chi connectivity index (χ0v) is 14.9. The van der Waals surface area contributed by atoms with E-state index in [9.17, 15) is 4.79 Å². The van der Waals surface area contributed by atoms with Gasteiger partial charge in [0.1, 0.15) is 0 Å². The Balaban J connectivity index is 1.43. The standard InChI is InChI=1S/C17H20N4O3S/c1-23-14-4-3-12(9-15(14)24-2)5-6-18-16(22)19-10-13-11-21-7-8-25-17(21)20-13/h3-4,7-9,11H,5-6,10H2,1-2H3,(H2,18,19,22). The smallest absolute Gasteiger partial charge is 0.315 e. The van der Waals surface area contributed by atoms with Gasteiger partial charge in [-0.05, 0) is 24.1 Å². The molecule has 0 saturated heterocycles. The molecule has 0 fully saturated rings. The van der Waals surface area contributed by atoms with Gasteiger partial charge in [0.15, 0.2) is 16.5 Å². The van der Waals surface area contributed by atoms with Crippen molar-refractivity contribution in [3.05, 3.63) is 47.2 Å². The first-order valence-corrected chi connectivity index (χ1v) is 8.71. The summed E-state index contributed by atoms with van der Waals surface area (Å²) in [6.45, 7) is 0.927. The first-order valence-electron chi connectivity index (χ1n) is 7.83. The molecule has 0 spiro atoms. The third kappa shape index (κ3) is 4.21. The van der Waals surface area contributed by atoms with Crippen molar-refractivity contribution in [3.63, 3.8) is 0 Å². The first-order chi connectivity index (χ1) is 12.2. The number of rotatable bonds is 7.